The van der Waals surface area contributed by atoms with Crippen LogP contribution in [-0.4, -0.2) is 21.9 Å². The molecule has 140 valence electrons. The molecule has 0 aliphatic carbocycles. The number of benzene rings is 2. The van der Waals surface area contributed by atoms with Crippen LogP contribution in [0.15, 0.2) is 52.1 Å². The van der Waals surface area contributed by atoms with E-state index in [4.69, 9.17) is 9.15 Å². The molecular weight excluding hydrogens is 362 g/mol. The van der Waals surface area contributed by atoms with Crippen LogP contribution in [0.2, 0.25) is 0 Å². The number of nitrogens with zero attached hydrogens (tertiary/aromatic N) is 2. The van der Waals surface area contributed by atoms with Gasteiger partial charge in [-0.3, -0.25) is 4.79 Å². The number of rotatable bonds is 7. The van der Waals surface area contributed by atoms with E-state index >= 15 is 0 Å². The molecule has 0 bridgehead atoms. The summed E-state index contributed by atoms with van der Waals surface area (Å²) in [6.07, 6.45) is 0. The van der Waals surface area contributed by atoms with Crippen LogP contribution in [0, 0.1) is 20.8 Å². The Morgan fingerprint density at radius 2 is 1.81 bits per heavy atom. The van der Waals surface area contributed by atoms with Crippen LogP contribution in [0.3, 0.4) is 0 Å². The van der Waals surface area contributed by atoms with E-state index in [9.17, 15) is 4.79 Å². The van der Waals surface area contributed by atoms with Gasteiger partial charge in [0.15, 0.2) is 6.61 Å². The molecule has 0 radical (unpaired) electrons. The van der Waals surface area contributed by atoms with E-state index in [-0.39, 0.29) is 18.3 Å². The molecule has 1 amide bonds. The maximum atomic E-state index is 12.1. The number of aromatic nitrogens is 2. The fourth-order valence-electron chi connectivity index (χ4n) is 2.40. The topological polar surface area (TPSA) is 77.2 Å². The third-order valence-corrected chi connectivity index (χ3v) is 4.63. The van der Waals surface area contributed by atoms with Gasteiger partial charge in [-0.2, -0.15) is 0 Å². The van der Waals surface area contributed by atoms with Crippen LogP contribution < -0.4 is 10.1 Å². The monoisotopic (exact) mass is 383 g/mol. The quantitative estimate of drug-likeness (QED) is 0.613. The largest absolute Gasteiger partial charge is 0.484 e. The lowest BCUT2D eigenvalue weighted by molar-refractivity contribution is -0.113. The number of hydrogen-bond donors (Lipinski definition) is 1. The van der Waals surface area contributed by atoms with Gasteiger partial charge in [0, 0.05) is 5.69 Å². The second-order valence-corrected chi connectivity index (χ2v) is 7.15. The van der Waals surface area contributed by atoms with Gasteiger partial charge in [0.05, 0.1) is 5.75 Å². The highest BCUT2D eigenvalue weighted by atomic mass is 32.2. The highest BCUT2D eigenvalue weighted by molar-refractivity contribution is 7.99. The van der Waals surface area contributed by atoms with Gasteiger partial charge in [0.1, 0.15) is 5.75 Å². The zero-order valence-electron chi connectivity index (χ0n) is 15.5. The van der Waals surface area contributed by atoms with Crippen molar-refractivity contribution in [3.05, 3.63) is 65.0 Å². The van der Waals surface area contributed by atoms with Crippen LogP contribution in [0.1, 0.15) is 22.6 Å². The minimum atomic E-state index is -0.123. The number of anilines is 1. The van der Waals surface area contributed by atoms with Gasteiger partial charge in [-0.15, -0.1) is 10.2 Å². The van der Waals surface area contributed by atoms with E-state index in [1.807, 2.05) is 63.2 Å². The Bertz CT molecular complexity index is 922. The Morgan fingerprint density at radius 1 is 1.07 bits per heavy atom. The van der Waals surface area contributed by atoms with Gasteiger partial charge < -0.3 is 14.5 Å². The number of thioether (sulfide) groups is 1. The Balaban J connectivity index is 1.47. The van der Waals surface area contributed by atoms with E-state index in [1.54, 1.807) is 0 Å². The van der Waals surface area contributed by atoms with Gasteiger partial charge in [0.2, 0.25) is 5.91 Å². The fourth-order valence-corrected chi connectivity index (χ4v) is 2.98. The van der Waals surface area contributed by atoms with Crippen molar-refractivity contribution >= 4 is 23.4 Å². The van der Waals surface area contributed by atoms with Gasteiger partial charge in [-0.25, -0.2) is 0 Å². The number of aryl methyl sites for hydroxylation is 3. The summed E-state index contributed by atoms with van der Waals surface area (Å²) < 4.78 is 11.1. The lowest BCUT2D eigenvalue weighted by Crippen LogP contribution is -2.14. The standard InChI is InChI=1S/C20H21N3O3S/c1-13-4-7-16(8-5-13)25-11-19-22-23-20(26-19)27-12-18(24)21-17-9-6-14(2)10-15(17)3/h4-10H,11-12H2,1-3H3,(H,21,24). The van der Waals surface area contributed by atoms with Crippen LogP contribution in [-0.2, 0) is 11.4 Å². The molecule has 0 spiro atoms. The minimum Gasteiger partial charge on any atom is -0.484 e. The van der Waals surface area contributed by atoms with Crippen LogP contribution in [0.4, 0.5) is 5.69 Å². The van der Waals surface area contributed by atoms with Gasteiger partial charge in [0.25, 0.3) is 11.1 Å². The van der Waals surface area contributed by atoms with E-state index in [1.165, 1.54) is 11.8 Å². The van der Waals surface area contributed by atoms with Gasteiger partial charge in [-0.1, -0.05) is 47.2 Å². The van der Waals surface area contributed by atoms with Crippen molar-refractivity contribution in [1.29, 1.82) is 0 Å². The van der Waals surface area contributed by atoms with Crippen molar-refractivity contribution in [3.8, 4) is 5.75 Å². The zero-order chi connectivity index (χ0) is 19.2. The first-order chi connectivity index (χ1) is 13.0. The molecule has 6 nitrogen and oxygen atoms in total. The molecule has 0 saturated carbocycles. The lowest BCUT2D eigenvalue weighted by atomic mass is 10.1. The molecule has 0 saturated heterocycles. The third-order valence-electron chi connectivity index (χ3n) is 3.81. The van der Waals surface area contributed by atoms with Crippen molar-refractivity contribution in [2.45, 2.75) is 32.6 Å². The molecule has 0 unspecified atom stereocenters. The second kappa shape index (κ2) is 8.73. The van der Waals surface area contributed by atoms with Crippen molar-refractivity contribution in [2.75, 3.05) is 11.1 Å². The number of carbonyl (C=O) groups excluding carboxylic acids is 1. The average Bonchev–Trinajstić information content (AvgIpc) is 3.10. The fraction of sp³-hybridized carbons (Fsp3) is 0.250. The molecule has 3 rings (SSSR count). The number of hydrogen-bond acceptors (Lipinski definition) is 6. The summed E-state index contributed by atoms with van der Waals surface area (Å²) in [6, 6.07) is 13.6. The Labute approximate surface area is 162 Å². The van der Waals surface area contributed by atoms with Crippen molar-refractivity contribution in [2.24, 2.45) is 0 Å². The third kappa shape index (κ3) is 5.59. The van der Waals surface area contributed by atoms with E-state index in [0.29, 0.717) is 11.1 Å². The maximum Gasteiger partial charge on any atom is 0.277 e. The maximum absolute atomic E-state index is 12.1. The Kier molecular flexibility index (Phi) is 6.13. The smallest absolute Gasteiger partial charge is 0.277 e. The van der Waals surface area contributed by atoms with E-state index in [2.05, 4.69) is 15.5 Å². The molecular formula is C20H21N3O3S. The summed E-state index contributed by atoms with van der Waals surface area (Å²) in [7, 11) is 0. The first kappa shape index (κ1) is 19.0. The first-order valence-corrected chi connectivity index (χ1v) is 9.50. The minimum absolute atomic E-state index is 0.123. The Morgan fingerprint density at radius 3 is 2.56 bits per heavy atom. The van der Waals surface area contributed by atoms with Gasteiger partial charge >= 0.3 is 0 Å². The first-order valence-electron chi connectivity index (χ1n) is 8.51. The van der Waals surface area contributed by atoms with Gasteiger partial charge in [-0.05, 0) is 44.5 Å². The molecule has 0 aliphatic heterocycles. The van der Waals surface area contributed by atoms with Crippen molar-refractivity contribution in [3.63, 3.8) is 0 Å². The number of carbonyl (C=O) groups is 1. The summed E-state index contributed by atoms with van der Waals surface area (Å²) in [5.74, 6) is 1.17. The molecule has 0 atom stereocenters. The molecule has 3 aromatic rings. The highest BCUT2D eigenvalue weighted by Crippen LogP contribution is 2.20. The van der Waals surface area contributed by atoms with E-state index < -0.39 is 0 Å². The predicted molar refractivity (Wildman–Crippen MR) is 105 cm³/mol. The lowest BCUT2D eigenvalue weighted by Gasteiger charge is -2.08. The van der Waals surface area contributed by atoms with Crippen molar-refractivity contribution < 1.29 is 13.9 Å². The van der Waals surface area contributed by atoms with E-state index in [0.717, 1.165) is 28.1 Å². The summed E-state index contributed by atoms with van der Waals surface area (Å²) in [6.45, 7) is 6.19. The SMILES string of the molecule is Cc1ccc(OCc2nnc(SCC(=O)Nc3ccc(C)cc3C)o2)cc1. The molecule has 7 heteroatoms. The zero-order valence-corrected chi connectivity index (χ0v) is 16.3. The summed E-state index contributed by atoms with van der Waals surface area (Å²) in [5.41, 5.74) is 4.16. The van der Waals surface area contributed by atoms with Crippen LogP contribution in [0.5, 0.6) is 5.75 Å². The predicted octanol–water partition coefficient (Wildman–Crippen LogP) is 4.30. The molecule has 1 aromatic heterocycles. The molecule has 0 fully saturated rings. The Hall–Kier alpha value is -2.80. The summed E-state index contributed by atoms with van der Waals surface area (Å²) in [4.78, 5) is 12.1. The molecule has 27 heavy (non-hydrogen) atoms. The molecule has 0 aliphatic rings. The molecule has 1 N–H and O–H groups in total. The number of ether oxygens (including phenoxy) is 1. The highest BCUT2D eigenvalue weighted by Gasteiger charge is 2.11. The molecule has 1 heterocycles. The summed E-state index contributed by atoms with van der Waals surface area (Å²) in [5, 5.41) is 11.1. The molecule has 2 aromatic carbocycles. The second-order valence-electron chi connectivity index (χ2n) is 6.22. The normalized spacial score (nSPS) is 10.6. The van der Waals surface area contributed by atoms with Crippen LogP contribution in [0.25, 0.3) is 0 Å². The van der Waals surface area contributed by atoms with Crippen molar-refractivity contribution in [1.82, 2.24) is 10.2 Å². The van der Waals surface area contributed by atoms with Crippen LogP contribution >= 0.6 is 11.8 Å². The average molecular weight is 383 g/mol. The number of nitrogens with one attached hydrogen (secondary N) is 1. The summed E-state index contributed by atoms with van der Waals surface area (Å²) >= 11 is 1.19. The number of amides is 1.